The van der Waals surface area contributed by atoms with E-state index in [9.17, 15) is 0 Å². The molecule has 0 aromatic heterocycles. The first-order chi connectivity index (χ1) is 8.20. The Kier molecular flexibility index (Phi) is 6.94. The maximum Gasteiger partial charge on any atom is 0.103 e. The number of nitrogens with one attached hydrogen (secondary N) is 1. The van der Waals surface area contributed by atoms with Gasteiger partial charge in [0.05, 0.1) is 12.2 Å². The van der Waals surface area contributed by atoms with Gasteiger partial charge in [0.1, 0.15) is 5.54 Å². The minimum absolute atomic E-state index is 0.348. The zero-order chi connectivity index (χ0) is 12.6. The van der Waals surface area contributed by atoms with Crippen molar-refractivity contribution in [2.45, 2.75) is 51.2 Å². The number of hydrogen-bond donors (Lipinski definition) is 1. The summed E-state index contributed by atoms with van der Waals surface area (Å²) in [4.78, 5) is 0. The van der Waals surface area contributed by atoms with Crippen LogP contribution in [0.3, 0.4) is 0 Å². The largest absolute Gasteiger partial charge is 0.377 e. The van der Waals surface area contributed by atoms with E-state index >= 15 is 0 Å². The minimum atomic E-state index is -0.348. The van der Waals surface area contributed by atoms with Crippen LogP contribution in [-0.2, 0) is 4.74 Å². The summed E-state index contributed by atoms with van der Waals surface area (Å²) in [5, 5.41) is 12.4. The van der Waals surface area contributed by atoms with Crippen LogP contribution >= 0.6 is 11.8 Å². The van der Waals surface area contributed by atoms with Gasteiger partial charge in [0.25, 0.3) is 0 Å². The van der Waals surface area contributed by atoms with Gasteiger partial charge in [-0.25, -0.2) is 0 Å². The third-order valence-corrected chi connectivity index (χ3v) is 4.29. The van der Waals surface area contributed by atoms with Crippen LogP contribution in [-0.4, -0.2) is 36.3 Å². The lowest BCUT2D eigenvalue weighted by atomic mass is 9.98. The average molecular weight is 256 g/mol. The van der Waals surface area contributed by atoms with Crippen LogP contribution in [0.2, 0.25) is 0 Å². The Morgan fingerprint density at radius 2 is 2.41 bits per heavy atom. The second-order valence-electron chi connectivity index (χ2n) is 4.79. The van der Waals surface area contributed by atoms with E-state index in [2.05, 4.69) is 11.4 Å². The van der Waals surface area contributed by atoms with Crippen molar-refractivity contribution in [2.75, 3.05) is 24.7 Å². The Morgan fingerprint density at radius 1 is 1.59 bits per heavy atom. The van der Waals surface area contributed by atoms with E-state index in [1.807, 2.05) is 25.6 Å². The van der Waals surface area contributed by atoms with E-state index < -0.39 is 0 Å². The minimum Gasteiger partial charge on any atom is -0.377 e. The lowest BCUT2D eigenvalue weighted by molar-refractivity contribution is 0.129. The average Bonchev–Trinajstić information content (AvgIpc) is 2.82. The van der Waals surface area contributed by atoms with Gasteiger partial charge < -0.3 is 4.74 Å². The molecule has 1 N–H and O–H groups in total. The SMILES string of the molecule is CCNC(C)(C#N)CCCSCC1CCCO1. The number of hydrogen-bond acceptors (Lipinski definition) is 4. The number of nitrogens with zero attached hydrogens (tertiary/aromatic N) is 1. The Bertz CT molecular complexity index is 248. The van der Waals surface area contributed by atoms with Crippen molar-refractivity contribution in [1.82, 2.24) is 5.32 Å². The molecular formula is C13H24N2OS. The standard InChI is InChI=1S/C13H24N2OS/c1-3-15-13(2,11-14)7-5-9-17-10-12-6-4-8-16-12/h12,15H,3-10H2,1-2H3. The molecule has 1 saturated heterocycles. The fourth-order valence-electron chi connectivity index (χ4n) is 2.09. The van der Waals surface area contributed by atoms with Gasteiger partial charge >= 0.3 is 0 Å². The van der Waals surface area contributed by atoms with Crippen LogP contribution in [0.5, 0.6) is 0 Å². The molecule has 0 aromatic carbocycles. The highest BCUT2D eigenvalue weighted by molar-refractivity contribution is 7.99. The van der Waals surface area contributed by atoms with E-state index in [4.69, 9.17) is 10.00 Å². The normalized spacial score (nSPS) is 23.2. The summed E-state index contributed by atoms with van der Waals surface area (Å²) >= 11 is 1.96. The van der Waals surface area contributed by atoms with Crippen molar-refractivity contribution < 1.29 is 4.74 Å². The maximum absolute atomic E-state index is 9.11. The molecule has 1 aliphatic heterocycles. The summed E-state index contributed by atoms with van der Waals surface area (Å²) in [7, 11) is 0. The molecule has 0 spiro atoms. The molecule has 0 aliphatic carbocycles. The quantitative estimate of drug-likeness (QED) is 0.678. The summed E-state index contributed by atoms with van der Waals surface area (Å²) in [6, 6.07) is 2.37. The molecular weight excluding hydrogens is 232 g/mol. The topological polar surface area (TPSA) is 45.0 Å². The predicted molar refractivity (Wildman–Crippen MR) is 73.2 cm³/mol. The lowest BCUT2D eigenvalue weighted by Crippen LogP contribution is -2.40. The fraction of sp³-hybridized carbons (Fsp3) is 0.923. The number of ether oxygens (including phenoxy) is 1. The van der Waals surface area contributed by atoms with Crippen LogP contribution in [0.25, 0.3) is 0 Å². The zero-order valence-corrected chi connectivity index (χ0v) is 11.8. The molecule has 2 unspecified atom stereocenters. The molecule has 17 heavy (non-hydrogen) atoms. The summed E-state index contributed by atoms with van der Waals surface area (Å²) in [5.41, 5.74) is -0.348. The molecule has 3 nitrogen and oxygen atoms in total. The second kappa shape index (κ2) is 7.97. The summed E-state index contributed by atoms with van der Waals surface area (Å²) in [5.74, 6) is 2.24. The van der Waals surface area contributed by atoms with Crippen molar-refractivity contribution >= 4 is 11.8 Å². The molecule has 0 saturated carbocycles. The van der Waals surface area contributed by atoms with Gasteiger partial charge in [0, 0.05) is 12.4 Å². The van der Waals surface area contributed by atoms with Crippen molar-refractivity contribution in [3.8, 4) is 6.07 Å². The van der Waals surface area contributed by atoms with Gasteiger partial charge in [-0.2, -0.15) is 17.0 Å². The first kappa shape index (κ1) is 14.8. The van der Waals surface area contributed by atoms with Crippen LogP contribution in [0.4, 0.5) is 0 Å². The Balaban J connectivity index is 2.04. The smallest absolute Gasteiger partial charge is 0.103 e. The lowest BCUT2D eigenvalue weighted by Gasteiger charge is -2.22. The van der Waals surface area contributed by atoms with Crippen molar-refractivity contribution in [3.63, 3.8) is 0 Å². The van der Waals surface area contributed by atoms with Gasteiger partial charge in [-0.3, -0.25) is 5.32 Å². The van der Waals surface area contributed by atoms with Gasteiger partial charge in [0.2, 0.25) is 0 Å². The number of nitriles is 1. The van der Waals surface area contributed by atoms with E-state index in [1.165, 1.54) is 12.8 Å². The van der Waals surface area contributed by atoms with Crippen molar-refractivity contribution in [3.05, 3.63) is 0 Å². The highest BCUT2D eigenvalue weighted by atomic mass is 32.2. The summed E-state index contributed by atoms with van der Waals surface area (Å²) in [6.07, 6.45) is 4.94. The van der Waals surface area contributed by atoms with Crippen molar-refractivity contribution in [2.24, 2.45) is 0 Å². The van der Waals surface area contributed by atoms with E-state index in [1.54, 1.807) is 0 Å². The Labute approximate surface area is 109 Å². The fourth-order valence-corrected chi connectivity index (χ4v) is 3.13. The van der Waals surface area contributed by atoms with Crippen LogP contribution < -0.4 is 5.32 Å². The number of rotatable bonds is 8. The van der Waals surface area contributed by atoms with Gasteiger partial charge in [-0.15, -0.1) is 0 Å². The maximum atomic E-state index is 9.11. The molecule has 0 aromatic rings. The Hall–Kier alpha value is -0.240. The van der Waals surface area contributed by atoms with E-state index in [0.717, 1.165) is 37.5 Å². The molecule has 0 radical (unpaired) electrons. The van der Waals surface area contributed by atoms with Gasteiger partial charge in [-0.1, -0.05) is 6.92 Å². The third-order valence-electron chi connectivity index (χ3n) is 3.11. The molecule has 1 fully saturated rings. The monoisotopic (exact) mass is 256 g/mol. The first-order valence-electron chi connectivity index (χ1n) is 6.56. The van der Waals surface area contributed by atoms with E-state index in [0.29, 0.717) is 6.10 Å². The highest BCUT2D eigenvalue weighted by Crippen LogP contribution is 2.19. The highest BCUT2D eigenvalue weighted by Gasteiger charge is 2.21. The predicted octanol–water partition coefficient (Wildman–Crippen LogP) is 2.57. The molecule has 0 amide bonds. The van der Waals surface area contributed by atoms with Gasteiger partial charge in [-0.05, 0) is 44.9 Å². The zero-order valence-electron chi connectivity index (χ0n) is 11.0. The third kappa shape index (κ3) is 5.76. The van der Waals surface area contributed by atoms with Crippen molar-refractivity contribution in [1.29, 1.82) is 5.26 Å². The van der Waals surface area contributed by atoms with Crippen LogP contribution in [0.1, 0.15) is 39.5 Å². The molecule has 0 bridgehead atoms. The molecule has 2 atom stereocenters. The van der Waals surface area contributed by atoms with Crippen LogP contribution in [0.15, 0.2) is 0 Å². The molecule has 1 aliphatic rings. The molecule has 1 heterocycles. The number of thioether (sulfide) groups is 1. The molecule has 4 heteroatoms. The summed E-state index contributed by atoms with van der Waals surface area (Å²) < 4.78 is 5.57. The van der Waals surface area contributed by atoms with Crippen LogP contribution in [0, 0.1) is 11.3 Å². The summed E-state index contributed by atoms with van der Waals surface area (Å²) in [6.45, 7) is 5.83. The Morgan fingerprint density at radius 3 is 3.00 bits per heavy atom. The first-order valence-corrected chi connectivity index (χ1v) is 7.71. The molecule has 98 valence electrons. The van der Waals surface area contributed by atoms with E-state index in [-0.39, 0.29) is 5.54 Å². The second-order valence-corrected chi connectivity index (χ2v) is 5.94. The molecule has 1 rings (SSSR count). The van der Waals surface area contributed by atoms with Gasteiger partial charge in [0.15, 0.2) is 0 Å².